The summed E-state index contributed by atoms with van der Waals surface area (Å²) >= 11 is 0. The number of amides is 1. The van der Waals surface area contributed by atoms with Gasteiger partial charge in [-0.15, -0.1) is 0 Å². The molecule has 0 aliphatic carbocycles. The first-order chi connectivity index (χ1) is 12.4. The van der Waals surface area contributed by atoms with Crippen molar-refractivity contribution in [2.45, 2.75) is 12.7 Å². The molecule has 1 aliphatic rings. The van der Waals surface area contributed by atoms with Gasteiger partial charge in [-0.2, -0.15) is 13.2 Å². The minimum Gasteiger partial charge on any atom is -0.467 e. The van der Waals surface area contributed by atoms with Crippen LogP contribution in [0.15, 0.2) is 41.1 Å². The van der Waals surface area contributed by atoms with Crippen molar-refractivity contribution < 1.29 is 32.3 Å². The molecule has 140 valence electrons. The largest absolute Gasteiger partial charge is 0.467 e. The fourth-order valence-electron chi connectivity index (χ4n) is 2.92. The van der Waals surface area contributed by atoms with Crippen LogP contribution in [-0.2, 0) is 17.5 Å². The summed E-state index contributed by atoms with van der Waals surface area (Å²) in [6.07, 6.45) is -1.80. The maximum atomic E-state index is 12.6. The molecule has 0 bridgehead atoms. The molecule has 2 aromatic heterocycles. The van der Waals surface area contributed by atoms with Crippen molar-refractivity contribution in [1.29, 1.82) is 0 Å². The van der Waals surface area contributed by atoms with E-state index in [1.54, 1.807) is 18.4 Å². The van der Waals surface area contributed by atoms with E-state index in [0.717, 1.165) is 30.3 Å². The molecule has 26 heavy (non-hydrogen) atoms. The summed E-state index contributed by atoms with van der Waals surface area (Å²) < 4.78 is 43.0. The number of hydrogen-bond acceptors (Lipinski definition) is 3. The Balaban J connectivity index is 1.44. The number of nitrogens with one attached hydrogen (secondary N) is 3. The summed E-state index contributed by atoms with van der Waals surface area (Å²) in [5, 5.41) is 2.82. The molecule has 1 amide bonds. The summed E-state index contributed by atoms with van der Waals surface area (Å²) in [5.41, 5.74) is -0.696. The van der Waals surface area contributed by atoms with E-state index in [4.69, 9.17) is 4.42 Å². The molecular weight excluding hydrogens is 349 g/mol. The SMILES string of the molecule is O=C(C[NH+]1CCN(c2ccc(C(F)(F)F)c[nH+]2)CC1)NCc1ccco1. The zero-order valence-electron chi connectivity index (χ0n) is 14.1. The molecule has 0 radical (unpaired) electrons. The zero-order valence-corrected chi connectivity index (χ0v) is 14.1. The number of anilines is 1. The van der Waals surface area contributed by atoms with Crippen molar-refractivity contribution in [2.24, 2.45) is 0 Å². The molecule has 3 rings (SSSR count). The Labute approximate surface area is 148 Å². The van der Waals surface area contributed by atoms with Crippen molar-refractivity contribution in [3.8, 4) is 0 Å². The summed E-state index contributed by atoms with van der Waals surface area (Å²) in [7, 11) is 0. The number of pyridine rings is 1. The number of halogens is 3. The molecule has 2 aromatic rings. The molecule has 9 heteroatoms. The third-order valence-corrected chi connectivity index (χ3v) is 4.39. The van der Waals surface area contributed by atoms with Crippen molar-refractivity contribution in [3.05, 3.63) is 48.0 Å². The summed E-state index contributed by atoms with van der Waals surface area (Å²) in [6, 6.07) is 6.09. The predicted octanol–water partition coefficient (Wildman–Crippen LogP) is 0.134. The van der Waals surface area contributed by atoms with Crippen LogP contribution in [0.5, 0.6) is 0 Å². The standard InChI is InChI=1S/C17H19F3N4O2/c18-17(19,20)13-3-4-15(21-10-13)24-7-5-23(6-8-24)12-16(25)22-11-14-2-1-9-26-14/h1-4,9-10H,5-8,11-12H2,(H,22,25)/p+2. The zero-order chi connectivity index (χ0) is 18.6. The molecule has 6 nitrogen and oxygen atoms in total. The summed E-state index contributed by atoms with van der Waals surface area (Å²) in [4.78, 5) is 17.8. The van der Waals surface area contributed by atoms with Crippen LogP contribution in [0.1, 0.15) is 11.3 Å². The maximum Gasteiger partial charge on any atom is 0.419 e. The minimum atomic E-state index is -4.35. The second kappa shape index (κ2) is 7.77. The smallest absolute Gasteiger partial charge is 0.419 e. The molecular formula is C17H21F3N4O2+2. The Morgan fingerprint density at radius 1 is 1.27 bits per heavy atom. The topological polar surface area (TPSA) is 64.1 Å². The number of aromatic nitrogens is 1. The number of alkyl halides is 3. The van der Waals surface area contributed by atoms with Gasteiger partial charge in [0.25, 0.3) is 11.7 Å². The number of nitrogens with zero attached hydrogens (tertiary/aromatic N) is 1. The van der Waals surface area contributed by atoms with Gasteiger partial charge in [-0.05, 0) is 18.2 Å². The second-order valence-electron chi connectivity index (χ2n) is 6.23. The lowest BCUT2D eigenvalue weighted by molar-refractivity contribution is -0.892. The van der Waals surface area contributed by atoms with E-state index in [1.807, 2.05) is 4.90 Å². The Hall–Kier alpha value is -2.55. The lowest BCUT2D eigenvalue weighted by atomic mass is 10.2. The van der Waals surface area contributed by atoms with E-state index in [-0.39, 0.29) is 5.91 Å². The average molecular weight is 370 g/mol. The van der Waals surface area contributed by atoms with E-state index in [9.17, 15) is 18.0 Å². The van der Waals surface area contributed by atoms with Gasteiger partial charge in [0.2, 0.25) is 0 Å². The number of carbonyl (C=O) groups excluding carboxylic acids is 1. The van der Waals surface area contributed by atoms with Gasteiger partial charge in [0, 0.05) is 6.07 Å². The van der Waals surface area contributed by atoms with Crippen LogP contribution in [0.3, 0.4) is 0 Å². The van der Waals surface area contributed by atoms with Crippen molar-refractivity contribution in [1.82, 2.24) is 5.32 Å². The van der Waals surface area contributed by atoms with Gasteiger partial charge >= 0.3 is 6.18 Å². The highest BCUT2D eigenvalue weighted by atomic mass is 19.4. The van der Waals surface area contributed by atoms with E-state index >= 15 is 0 Å². The second-order valence-corrected chi connectivity index (χ2v) is 6.23. The third-order valence-electron chi connectivity index (χ3n) is 4.39. The van der Waals surface area contributed by atoms with E-state index in [0.29, 0.717) is 37.8 Å². The molecule has 3 N–H and O–H groups in total. The molecule has 1 aliphatic heterocycles. The van der Waals surface area contributed by atoms with E-state index in [2.05, 4.69) is 10.3 Å². The monoisotopic (exact) mass is 370 g/mol. The first-order valence-electron chi connectivity index (χ1n) is 8.38. The summed E-state index contributed by atoms with van der Waals surface area (Å²) in [6.45, 7) is 3.55. The Bertz CT molecular complexity index is 709. The van der Waals surface area contributed by atoms with Crippen molar-refractivity contribution in [2.75, 3.05) is 37.6 Å². The first-order valence-corrected chi connectivity index (χ1v) is 8.38. The Kier molecular flexibility index (Phi) is 5.46. The van der Waals surface area contributed by atoms with Crippen LogP contribution in [0.4, 0.5) is 19.0 Å². The highest BCUT2D eigenvalue weighted by Gasteiger charge is 2.33. The number of carbonyl (C=O) groups is 1. The third kappa shape index (κ3) is 4.75. The van der Waals surface area contributed by atoms with E-state index in [1.165, 1.54) is 6.07 Å². The fourth-order valence-corrected chi connectivity index (χ4v) is 2.92. The lowest BCUT2D eigenvalue weighted by Crippen LogP contribution is -3.16. The maximum absolute atomic E-state index is 12.6. The summed E-state index contributed by atoms with van der Waals surface area (Å²) in [5.74, 6) is 1.31. The number of H-pyrrole nitrogens is 1. The fraction of sp³-hybridized carbons (Fsp3) is 0.412. The van der Waals surface area contributed by atoms with Crippen LogP contribution < -0.4 is 20.1 Å². The highest BCUT2D eigenvalue weighted by Crippen LogP contribution is 2.28. The normalized spacial score (nSPS) is 15.9. The van der Waals surface area contributed by atoms with Gasteiger partial charge in [0.15, 0.2) is 6.54 Å². The van der Waals surface area contributed by atoms with Gasteiger partial charge in [-0.3, -0.25) is 9.69 Å². The van der Waals surface area contributed by atoms with Crippen LogP contribution in [-0.4, -0.2) is 38.6 Å². The Morgan fingerprint density at radius 3 is 2.62 bits per heavy atom. The molecule has 0 spiro atoms. The van der Waals surface area contributed by atoms with Crippen LogP contribution >= 0.6 is 0 Å². The highest BCUT2D eigenvalue weighted by molar-refractivity contribution is 5.76. The molecule has 1 fully saturated rings. The molecule has 0 saturated carbocycles. The van der Waals surface area contributed by atoms with Gasteiger partial charge in [0.05, 0.1) is 18.4 Å². The van der Waals surface area contributed by atoms with Gasteiger partial charge in [-0.25, -0.2) is 4.98 Å². The van der Waals surface area contributed by atoms with Gasteiger partial charge in [-0.1, -0.05) is 0 Å². The lowest BCUT2D eigenvalue weighted by Gasteiger charge is -2.27. The van der Waals surface area contributed by atoms with Crippen molar-refractivity contribution >= 4 is 11.7 Å². The quantitative estimate of drug-likeness (QED) is 0.787. The Morgan fingerprint density at radius 2 is 2.04 bits per heavy atom. The van der Waals surface area contributed by atoms with E-state index < -0.39 is 11.7 Å². The number of rotatable bonds is 5. The molecule has 0 aromatic carbocycles. The van der Waals surface area contributed by atoms with Gasteiger partial charge in [0.1, 0.15) is 38.1 Å². The van der Waals surface area contributed by atoms with Crippen LogP contribution in [0.2, 0.25) is 0 Å². The number of piperazine rings is 1. The average Bonchev–Trinajstić information content (AvgIpc) is 3.14. The van der Waals surface area contributed by atoms with Crippen LogP contribution in [0.25, 0.3) is 0 Å². The minimum absolute atomic E-state index is 0.0501. The van der Waals surface area contributed by atoms with Crippen molar-refractivity contribution in [3.63, 3.8) is 0 Å². The molecule has 3 heterocycles. The predicted molar refractivity (Wildman–Crippen MR) is 86.3 cm³/mol. The molecule has 0 unspecified atom stereocenters. The van der Waals surface area contributed by atoms with Gasteiger partial charge < -0.3 is 14.6 Å². The number of furan rings is 1. The number of quaternary nitrogens is 1. The first kappa shape index (κ1) is 18.2. The molecule has 1 saturated heterocycles. The molecule has 0 atom stereocenters. The number of aromatic amines is 1. The number of hydrogen-bond donors (Lipinski definition) is 2. The van der Waals surface area contributed by atoms with Crippen LogP contribution in [0, 0.1) is 0 Å².